The third kappa shape index (κ3) is 3.44. The fourth-order valence-electron chi connectivity index (χ4n) is 2.22. The zero-order valence-corrected chi connectivity index (χ0v) is 11.2. The molecule has 0 saturated heterocycles. The van der Waals surface area contributed by atoms with E-state index in [0.29, 0.717) is 0 Å². The zero-order valence-electron chi connectivity index (χ0n) is 11.2. The average molecular weight is 239 g/mol. The molecule has 2 aromatic carbocycles. The van der Waals surface area contributed by atoms with Gasteiger partial charge in [-0.25, -0.2) is 0 Å². The Hall–Kier alpha value is -1.60. The first-order chi connectivity index (χ1) is 8.65. The second-order valence-electron chi connectivity index (χ2n) is 5.07. The van der Waals surface area contributed by atoms with Gasteiger partial charge in [-0.3, -0.25) is 0 Å². The summed E-state index contributed by atoms with van der Waals surface area (Å²) in [6.07, 6.45) is 1.88. The quantitative estimate of drug-likeness (QED) is 0.869. The Morgan fingerprint density at radius 3 is 2.17 bits per heavy atom. The number of rotatable bonds is 4. The molecule has 0 aliphatic carbocycles. The number of benzene rings is 2. The average Bonchev–Trinajstić information content (AvgIpc) is 2.35. The summed E-state index contributed by atoms with van der Waals surface area (Å²) in [5.74, 6) is 0. The molecule has 94 valence electrons. The van der Waals surface area contributed by atoms with E-state index in [1.54, 1.807) is 0 Å². The van der Waals surface area contributed by atoms with Gasteiger partial charge in [-0.2, -0.15) is 0 Å². The van der Waals surface area contributed by atoms with Crippen LogP contribution in [0.3, 0.4) is 0 Å². The fourth-order valence-corrected chi connectivity index (χ4v) is 2.22. The van der Waals surface area contributed by atoms with Crippen LogP contribution in [0.4, 0.5) is 0 Å². The molecule has 0 aromatic heterocycles. The van der Waals surface area contributed by atoms with Crippen LogP contribution >= 0.6 is 0 Å². The molecule has 0 aliphatic heterocycles. The molecule has 1 unspecified atom stereocenters. The highest BCUT2D eigenvalue weighted by atomic mass is 14.6. The molecule has 0 heterocycles. The van der Waals surface area contributed by atoms with Gasteiger partial charge in [-0.1, -0.05) is 48.5 Å². The minimum absolute atomic E-state index is 0.189. The van der Waals surface area contributed by atoms with Crippen molar-refractivity contribution in [2.75, 3.05) is 0 Å². The van der Waals surface area contributed by atoms with Gasteiger partial charge in [0.1, 0.15) is 0 Å². The molecule has 0 amide bonds. The summed E-state index contributed by atoms with van der Waals surface area (Å²) in [5, 5.41) is 0. The molecule has 0 radical (unpaired) electrons. The lowest BCUT2D eigenvalue weighted by Gasteiger charge is -2.13. The molecule has 1 nitrogen and oxygen atoms in total. The topological polar surface area (TPSA) is 26.0 Å². The maximum atomic E-state index is 6.23. The van der Waals surface area contributed by atoms with Crippen molar-refractivity contribution in [3.05, 3.63) is 70.8 Å². The van der Waals surface area contributed by atoms with Crippen molar-refractivity contribution in [1.29, 1.82) is 0 Å². The molecule has 1 atom stereocenters. The molecule has 0 aliphatic rings. The molecular formula is C17H21N. The van der Waals surface area contributed by atoms with Crippen LogP contribution in [-0.4, -0.2) is 6.04 Å². The van der Waals surface area contributed by atoms with Crippen molar-refractivity contribution in [3.8, 4) is 0 Å². The van der Waals surface area contributed by atoms with Crippen molar-refractivity contribution in [3.63, 3.8) is 0 Å². The largest absolute Gasteiger partial charge is 0.327 e. The van der Waals surface area contributed by atoms with Crippen LogP contribution in [0, 0.1) is 13.8 Å². The molecule has 18 heavy (non-hydrogen) atoms. The van der Waals surface area contributed by atoms with Gasteiger partial charge in [0.2, 0.25) is 0 Å². The standard InChI is InChI=1S/C17H21N/c1-13-8-9-16(10-14(13)2)12-17(18)11-15-6-4-3-5-7-15/h3-10,17H,11-12,18H2,1-2H3. The van der Waals surface area contributed by atoms with Gasteiger partial charge in [-0.05, 0) is 48.9 Å². The van der Waals surface area contributed by atoms with Crippen molar-refractivity contribution in [1.82, 2.24) is 0 Å². The summed E-state index contributed by atoms with van der Waals surface area (Å²) in [6, 6.07) is 17.3. The Bertz CT molecular complexity index is 502. The van der Waals surface area contributed by atoms with Gasteiger partial charge < -0.3 is 5.73 Å². The summed E-state index contributed by atoms with van der Waals surface area (Å²) < 4.78 is 0. The van der Waals surface area contributed by atoms with Crippen LogP contribution in [0.25, 0.3) is 0 Å². The van der Waals surface area contributed by atoms with Crippen molar-refractivity contribution >= 4 is 0 Å². The molecule has 0 bridgehead atoms. The number of aryl methyl sites for hydroxylation is 2. The van der Waals surface area contributed by atoms with Gasteiger partial charge in [0.25, 0.3) is 0 Å². The molecule has 0 fully saturated rings. The number of hydrogen-bond donors (Lipinski definition) is 1. The van der Waals surface area contributed by atoms with Crippen molar-refractivity contribution < 1.29 is 0 Å². The SMILES string of the molecule is Cc1ccc(CC(N)Cc2ccccc2)cc1C. The van der Waals surface area contributed by atoms with Crippen molar-refractivity contribution in [2.45, 2.75) is 32.7 Å². The second-order valence-corrected chi connectivity index (χ2v) is 5.07. The number of hydrogen-bond acceptors (Lipinski definition) is 1. The maximum Gasteiger partial charge on any atom is 0.0120 e. The van der Waals surface area contributed by atoms with Crippen LogP contribution in [0.5, 0.6) is 0 Å². The van der Waals surface area contributed by atoms with E-state index in [4.69, 9.17) is 5.73 Å². The van der Waals surface area contributed by atoms with Crippen LogP contribution in [0.2, 0.25) is 0 Å². The highest BCUT2D eigenvalue weighted by Gasteiger charge is 2.06. The summed E-state index contributed by atoms with van der Waals surface area (Å²) in [7, 11) is 0. The van der Waals surface area contributed by atoms with E-state index in [9.17, 15) is 0 Å². The molecule has 1 heteroatoms. The minimum Gasteiger partial charge on any atom is -0.327 e. The Balaban J connectivity index is 1.99. The van der Waals surface area contributed by atoms with E-state index in [1.807, 2.05) is 6.07 Å². The Morgan fingerprint density at radius 1 is 0.833 bits per heavy atom. The van der Waals surface area contributed by atoms with E-state index in [1.165, 1.54) is 22.3 Å². The summed E-state index contributed by atoms with van der Waals surface area (Å²) >= 11 is 0. The summed E-state index contributed by atoms with van der Waals surface area (Å²) in [6.45, 7) is 4.30. The summed E-state index contributed by atoms with van der Waals surface area (Å²) in [5.41, 5.74) is 11.6. The first kappa shape index (κ1) is 12.8. The van der Waals surface area contributed by atoms with Gasteiger partial charge in [0.05, 0.1) is 0 Å². The predicted molar refractivity (Wildman–Crippen MR) is 77.7 cm³/mol. The second kappa shape index (κ2) is 5.83. The molecule has 0 saturated carbocycles. The lowest BCUT2D eigenvalue weighted by atomic mass is 9.97. The van der Waals surface area contributed by atoms with Crippen molar-refractivity contribution in [2.24, 2.45) is 5.73 Å². The minimum atomic E-state index is 0.189. The maximum absolute atomic E-state index is 6.23. The smallest absolute Gasteiger partial charge is 0.0120 e. The van der Waals surface area contributed by atoms with Crippen LogP contribution < -0.4 is 5.73 Å². The fraction of sp³-hybridized carbons (Fsp3) is 0.294. The molecule has 2 N–H and O–H groups in total. The highest BCUT2D eigenvalue weighted by molar-refractivity contribution is 5.30. The Kier molecular flexibility index (Phi) is 4.16. The first-order valence-corrected chi connectivity index (χ1v) is 6.51. The summed E-state index contributed by atoms with van der Waals surface area (Å²) in [4.78, 5) is 0. The van der Waals surface area contributed by atoms with Gasteiger partial charge >= 0.3 is 0 Å². The molecular weight excluding hydrogens is 218 g/mol. The zero-order chi connectivity index (χ0) is 13.0. The van der Waals surface area contributed by atoms with E-state index < -0.39 is 0 Å². The lowest BCUT2D eigenvalue weighted by molar-refractivity contribution is 0.664. The number of nitrogens with two attached hydrogens (primary N) is 1. The Labute approximate surface area is 110 Å². The normalized spacial score (nSPS) is 12.4. The van der Waals surface area contributed by atoms with E-state index in [-0.39, 0.29) is 6.04 Å². The molecule has 2 aromatic rings. The highest BCUT2D eigenvalue weighted by Crippen LogP contribution is 2.12. The first-order valence-electron chi connectivity index (χ1n) is 6.51. The predicted octanol–water partition coefficient (Wildman–Crippen LogP) is 3.42. The van der Waals surface area contributed by atoms with Crippen LogP contribution in [0.1, 0.15) is 22.3 Å². The monoisotopic (exact) mass is 239 g/mol. The van der Waals surface area contributed by atoms with E-state index >= 15 is 0 Å². The third-order valence-corrected chi connectivity index (χ3v) is 3.41. The lowest BCUT2D eigenvalue weighted by Crippen LogP contribution is -2.25. The molecule has 2 rings (SSSR count). The molecule has 0 spiro atoms. The van der Waals surface area contributed by atoms with Crippen LogP contribution in [0.15, 0.2) is 48.5 Å². The van der Waals surface area contributed by atoms with Gasteiger partial charge in [-0.15, -0.1) is 0 Å². The van der Waals surface area contributed by atoms with Gasteiger partial charge in [0.15, 0.2) is 0 Å². The van der Waals surface area contributed by atoms with Gasteiger partial charge in [0, 0.05) is 6.04 Å². The van der Waals surface area contributed by atoms with Crippen LogP contribution in [-0.2, 0) is 12.8 Å². The van der Waals surface area contributed by atoms with E-state index in [2.05, 4.69) is 56.3 Å². The Morgan fingerprint density at radius 2 is 1.50 bits per heavy atom. The third-order valence-electron chi connectivity index (χ3n) is 3.41. The van der Waals surface area contributed by atoms with E-state index in [0.717, 1.165) is 12.8 Å².